The average Bonchev–Trinajstić information content (AvgIpc) is 2.88. The average molecular weight is 554 g/mol. The Hall–Kier alpha value is -3.03. The van der Waals surface area contributed by atoms with Gasteiger partial charge in [0.25, 0.3) is 0 Å². The standard InChI is InChI=1S/C28H35N5O3S2/c1-5-6-7-8-9-23-18-33(17-19(2)37-23)27-22(14-29)16-30-25-11-10-20(12-24(25)27)21-13-26(32-38(4,34)35)28(36-3)31-15-21/h10-13,15-16,19,23,32H,5-9,17-18H2,1-4H3/t19-,23-/m0/s1. The molecular weight excluding hydrogens is 518 g/mol. The molecule has 0 saturated carbocycles. The highest BCUT2D eigenvalue weighted by Gasteiger charge is 2.28. The molecule has 1 aliphatic heterocycles. The molecule has 38 heavy (non-hydrogen) atoms. The van der Waals surface area contributed by atoms with Crippen LogP contribution in [0.2, 0.25) is 0 Å². The zero-order chi connectivity index (χ0) is 27.3. The van der Waals surface area contributed by atoms with Crippen LogP contribution in [0.4, 0.5) is 11.4 Å². The first-order valence-electron chi connectivity index (χ1n) is 13.0. The number of benzene rings is 1. The number of nitrogens with one attached hydrogen (secondary N) is 1. The predicted molar refractivity (Wildman–Crippen MR) is 157 cm³/mol. The molecule has 0 spiro atoms. The van der Waals surface area contributed by atoms with Crippen LogP contribution in [0.3, 0.4) is 0 Å². The maximum atomic E-state index is 11.9. The molecule has 1 saturated heterocycles. The Kier molecular flexibility index (Phi) is 9.00. The summed E-state index contributed by atoms with van der Waals surface area (Å²) in [5.74, 6) is 0.193. The topological polar surface area (TPSA) is 108 Å². The van der Waals surface area contributed by atoms with Crippen molar-refractivity contribution < 1.29 is 13.2 Å². The fourth-order valence-corrected chi connectivity index (χ4v) is 7.05. The van der Waals surface area contributed by atoms with E-state index in [1.165, 1.54) is 39.2 Å². The van der Waals surface area contributed by atoms with Gasteiger partial charge in [0.2, 0.25) is 15.9 Å². The molecule has 1 aliphatic rings. The highest BCUT2D eigenvalue weighted by atomic mass is 32.2. The third-order valence-electron chi connectivity index (χ3n) is 6.66. The van der Waals surface area contributed by atoms with Crippen molar-refractivity contribution in [2.45, 2.75) is 56.5 Å². The number of unbranched alkanes of at least 4 members (excludes halogenated alkanes) is 3. The second-order valence-corrected chi connectivity index (χ2v) is 13.3. The van der Waals surface area contributed by atoms with Crippen molar-refractivity contribution in [3.63, 3.8) is 0 Å². The first kappa shape index (κ1) is 28.0. The van der Waals surface area contributed by atoms with E-state index in [1.807, 2.05) is 18.2 Å². The number of nitrogens with zero attached hydrogens (tertiary/aromatic N) is 4. The van der Waals surface area contributed by atoms with Gasteiger partial charge in [-0.2, -0.15) is 17.0 Å². The molecule has 3 aromatic rings. The van der Waals surface area contributed by atoms with Crippen LogP contribution in [0, 0.1) is 11.3 Å². The third kappa shape index (κ3) is 6.69. The van der Waals surface area contributed by atoms with Gasteiger partial charge >= 0.3 is 0 Å². The summed E-state index contributed by atoms with van der Waals surface area (Å²) in [5, 5.41) is 11.9. The summed E-state index contributed by atoms with van der Waals surface area (Å²) >= 11 is 2.05. The lowest BCUT2D eigenvalue weighted by molar-refractivity contribution is 0.400. The molecule has 3 heterocycles. The van der Waals surface area contributed by atoms with E-state index in [-0.39, 0.29) is 11.6 Å². The van der Waals surface area contributed by atoms with Crippen LogP contribution < -0.4 is 14.4 Å². The molecule has 1 fully saturated rings. The van der Waals surface area contributed by atoms with Crippen molar-refractivity contribution in [1.29, 1.82) is 5.26 Å². The van der Waals surface area contributed by atoms with E-state index in [9.17, 15) is 13.7 Å². The van der Waals surface area contributed by atoms with Crippen molar-refractivity contribution in [2.24, 2.45) is 0 Å². The second-order valence-electron chi connectivity index (χ2n) is 9.84. The SMILES string of the molecule is CCCCCC[C@H]1CN(c2c(C#N)cnc3ccc(-c4cnc(OC)c(NS(C)(=O)=O)c4)cc23)C[C@H](C)S1. The second kappa shape index (κ2) is 12.2. The summed E-state index contributed by atoms with van der Waals surface area (Å²) in [6.45, 7) is 6.25. The summed E-state index contributed by atoms with van der Waals surface area (Å²) in [6.07, 6.45) is 10.6. The van der Waals surface area contributed by atoms with Crippen molar-refractivity contribution in [2.75, 3.05) is 36.1 Å². The molecule has 0 bridgehead atoms. The summed E-state index contributed by atoms with van der Waals surface area (Å²) in [4.78, 5) is 11.2. The van der Waals surface area contributed by atoms with Gasteiger partial charge in [-0.15, -0.1) is 0 Å². The lowest BCUT2D eigenvalue weighted by Gasteiger charge is -2.38. The molecule has 8 nitrogen and oxygen atoms in total. The van der Waals surface area contributed by atoms with E-state index in [1.54, 1.807) is 18.5 Å². The molecule has 10 heteroatoms. The van der Waals surface area contributed by atoms with Gasteiger partial charge in [0.1, 0.15) is 11.8 Å². The molecule has 1 aromatic carbocycles. The molecule has 4 rings (SSSR count). The van der Waals surface area contributed by atoms with Crippen LogP contribution in [0.5, 0.6) is 5.88 Å². The number of hydrogen-bond donors (Lipinski definition) is 1. The van der Waals surface area contributed by atoms with Crippen LogP contribution in [0.15, 0.2) is 36.7 Å². The number of aromatic nitrogens is 2. The van der Waals surface area contributed by atoms with Gasteiger partial charge in [-0.1, -0.05) is 45.6 Å². The largest absolute Gasteiger partial charge is 0.480 e. The number of thioether (sulfide) groups is 1. The Morgan fingerprint density at radius 3 is 2.68 bits per heavy atom. The third-order valence-corrected chi connectivity index (χ3v) is 8.63. The maximum Gasteiger partial charge on any atom is 0.238 e. The highest BCUT2D eigenvalue weighted by molar-refractivity contribution is 8.00. The van der Waals surface area contributed by atoms with Crippen LogP contribution in [0.1, 0.15) is 51.5 Å². The van der Waals surface area contributed by atoms with Crippen molar-refractivity contribution in [1.82, 2.24) is 9.97 Å². The molecule has 2 aromatic heterocycles. The Morgan fingerprint density at radius 1 is 1.16 bits per heavy atom. The molecule has 1 N–H and O–H groups in total. The molecular formula is C28H35N5O3S2. The zero-order valence-electron chi connectivity index (χ0n) is 22.4. The van der Waals surface area contributed by atoms with E-state index >= 15 is 0 Å². The van der Waals surface area contributed by atoms with Crippen LogP contribution >= 0.6 is 11.8 Å². The van der Waals surface area contributed by atoms with Gasteiger partial charge in [0.05, 0.1) is 30.1 Å². The molecule has 2 atom stereocenters. The molecule has 0 radical (unpaired) electrons. The monoisotopic (exact) mass is 553 g/mol. The van der Waals surface area contributed by atoms with Gasteiger partial charge < -0.3 is 9.64 Å². The van der Waals surface area contributed by atoms with E-state index in [2.05, 4.69) is 51.3 Å². The number of ether oxygens (including phenoxy) is 1. The number of hydrogen-bond acceptors (Lipinski definition) is 8. The Morgan fingerprint density at radius 2 is 1.97 bits per heavy atom. The number of sulfonamides is 1. The Balaban J connectivity index is 1.74. The molecule has 0 aliphatic carbocycles. The van der Waals surface area contributed by atoms with Crippen LogP contribution in [-0.2, 0) is 10.0 Å². The van der Waals surface area contributed by atoms with Crippen molar-refractivity contribution >= 4 is 44.1 Å². The lowest BCUT2D eigenvalue weighted by Crippen LogP contribution is -2.42. The fourth-order valence-electron chi connectivity index (χ4n) is 5.01. The van der Waals surface area contributed by atoms with E-state index in [4.69, 9.17) is 4.74 Å². The van der Waals surface area contributed by atoms with Crippen LogP contribution in [0.25, 0.3) is 22.0 Å². The van der Waals surface area contributed by atoms with Crippen molar-refractivity contribution in [3.05, 3.63) is 42.2 Å². The minimum absolute atomic E-state index is 0.193. The molecule has 202 valence electrons. The zero-order valence-corrected chi connectivity index (χ0v) is 24.0. The highest BCUT2D eigenvalue weighted by Crippen LogP contribution is 2.38. The number of pyridine rings is 2. The van der Waals surface area contributed by atoms with E-state index in [0.29, 0.717) is 16.1 Å². The first-order chi connectivity index (χ1) is 18.2. The van der Waals surface area contributed by atoms with Gasteiger partial charge in [-0.3, -0.25) is 9.71 Å². The number of nitriles is 1. The fraction of sp³-hybridized carbons (Fsp3) is 0.464. The van der Waals surface area contributed by atoms with E-state index in [0.717, 1.165) is 47.1 Å². The Bertz CT molecular complexity index is 1440. The van der Waals surface area contributed by atoms with Gasteiger partial charge in [0.15, 0.2) is 0 Å². The van der Waals surface area contributed by atoms with Gasteiger partial charge in [-0.25, -0.2) is 13.4 Å². The minimum Gasteiger partial charge on any atom is -0.480 e. The Labute approximate surface area is 229 Å². The van der Waals surface area contributed by atoms with Crippen molar-refractivity contribution in [3.8, 4) is 23.1 Å². The van der Waals surface area contributed by atoms with E-state index < -0.39 is 10.0 Å². The summed E-state index contributed by atoms with van der Waals surface area (Å²) in [7, 11) is -2.07. The molecule has 0 amide bonds. The summed E-state index contributed by atoms with van der Waals surface area (Å²) in [5.41, 5.74) is 4.13. The summed E-state index contributed by atoms with van der Waals surface area (Å²) in [6, 6.07) is 9.97. The lowest BCUT2D eigenvalue weighted by atomic mass is 10.0. The normalized spacial score (nSPS) is 17.8. The van der Waals surface area contributed by atoms with Crippen LogP contribution in [-0.4, -0.2) is 55.3 Å². The molecule has 0 unspecified atom stereocenters. The minimum atomic E-state index is -3.52. The maximum absolute atomic E-state index is 11.9. The van der Waals surface area contributed by atoms with Gasteiger partial charge in [-0.05, 0) is 30.2 Å². The number of rotatable bonds is 10. The quantitative estimate of drug-likeness (QED) is 0.313. The first-order valence-corrected chi connectivity index (χ1v) is 15.8. The van der Waals surface area contributed by atoms with Gasteiger partial charge in [0, 0.05) is 46.9 Å². The number of anilines is 2. The smallest absolute Gasteiger partial charge is 0.238 e. The predicted octanol–water partition coefficient (Wildman–Crippen LogP) is 5.83. The summed E-state index contributed by atoms with van der Waals surface area (Å²) < 4.78 is 31.5. The number of methoxy groups -OCH3 is 1. The number of fused-ring (bicyclic) bond motifs is 1.